The van der Waals surface area contributed by atoms with Gasteiger partial charge in [-0.25, -0.2) is 8.78 Å². The monoisotopic (exact) mass is 290 g/mol. The van der Waals surface area contributed by atoms with Gasteiger partial charge in [0.25, 0.3) is 6.43 Å². The van der Waals surface area contributed by atoms with Crippen LogP contribution in [-0.4, -0.2) is 37.6 Å². The number of alkyl halides is 2. The molecule has 1 aliphatic heterocycles. The minimum Gasteiger partial charge on any atom is -0.493 e. The first kappa shape index (κ1) is 14.5. The molecule has 6 heteroatoms. The van der Waals surface area contributed by atoms with Crippen LogP contribution >= 0.6 is 11.6 Å². The Labute approximate surface area is 116 Å². The van der Waals surface area contributed by atoms with Gasteiger partial charge in [-0.2, -0.15) is 0 Å². The van der Waals surface area contributed by atoms with Gasteiger partial charge in [0.1, 0.15) is 5.75 Å². The molecule has 1 aromatic rings. The van der Waals surface area contributed by atoms with Crippen LogP contribution in [-0.2, 0) is 13.0 Å². The average molecular weight is 291 g/mol. The Morgan fingerprint density at radius 3 is 2.89 bits per heavy atom. The Balaban J connectivity index is 2.16. The highest BCUT2D eigenvalue weighted by atomic mass is 35.5. The van der Waals surface area contributed by atoms with Crippen LogP contribution in [0.25, 0.3) is 0 Å². The summed E-state index contributed by atoms with van der Waals surface area (Å²) < 4.78 is 30.6. The lowest BCUT2D eigenvalue weighted by Gasteiger charge is -2.22. The van der Waals surface area contributed by atoms with E-state index in [9.17, 15) is 8.78 Å². The van der Waals surface area contributed by atoms with Crippen LogP contribution in [0, 0.1) is 0 Å². The Morgan fingerprint density at radius 1 is 1.42 bits per heavy atom. The van der Waals surface area contributed by atoms with Gasteiger partial charge in [-0.3, -0.25) is 4.90 Å². The van der Waals surface area contributed by atoms with Crippen LogP contribution in [0.2, 0.25) is 5.02 Å². The lowest BCUT2D eigenvalue weighted by atomic mass is 10.1. The topological polar surface area (TPSA) is 38.5 Å². The zero-order chi connectivity index (χ0) is 13.8. The van der Waals surface area contributed by atoms with E-state index in [1.54, 1.807) is 11.0 Å². The van der Waals surface area contributed by atoms with Crippen molar-refractivity contribution in [2.45, 2.75) is 19.4 Å². The normalized spacial score (nSPS) is 14.0. The van der Waals surface area contributed by atoms with E-state index in [2.05, 4.69) is 0 Å². The third kappa shape index (κ3) is 3.78. The number of rotatable bonds is 6. The molecule has 3 nitrogen and oxygen atoms in total. The third-order valence-corrected chi connectivity index (χ3v) is 3.28. The Bertz CT molecular complexity index is 443. The standard InChI is InChI=1S/C13H17ClF2N2O/c14-11-5-9-1-4-19-13(9)10(6-11)7-18(3-2-17)8-12(15)16/h5-6,12H,1-4,7-8,17H2. The second kappa shape index (κ2) is 6.50. The largest absolute Gasteiger partial charge is 0.493 e. The van der Waals surface area contributed by atoms with Crippen LogP contribution in [0.3, 0.4) is 0 Å². The van der Waals surface area contributed by atoms with E-state index in [-0.39, 0.29) is 6.54 Å². The Hall–Kier alpha value is -0.910. The fraction of sp³-hybridized carbons (Fsp3) is 0.538. The fourth-order valence-electron chi connectivity index (χ4n) is 2.32. The molecule has 0 amide bonds. The Kier molecular flexibility index (Phi) is 4.96. The highest BCUT2D eigenvalue weighted by Gasteiger charge is 2.20. The summed E-state index contributed by atoms with van der Waals surface area (Å²) in [5.41, 5.74) is 7.36. The maximum Gasteiger partial charge on any atom is 0.251 e. The summed E-state index contributed by atoms with van der Waals surface area (Å²) >= 11 is 6.05. The van der Waals surface area contributed by atoms with E-state index in [1.807, 2.05) is 6.07 Å². The van der Waals surface area contributed by atoms with E-state index in [4.69, 9.17) is 22.1 Å². The van der Waals surface area contributed by atoms with E-state index in [1.165, 1.54) is 0 Å². The van der Waals surface area contributed by atoms with Crippen LogP contribution in [0.5, 0.6) is 5.75 Å². The zero-order valence-electron chi connectivity index (χ0n) is 10.5. The summed E-state index contributed by atoms with van der Waals surface area (Å²) in [6, 6.07) is 3.65. The van der Waals surface area contributed by atoms with Gasteiger partial charge < -0.3 is 10.5 Å². The van der Waals surface area contributed by atoms with Gasteiger partial charge in [0, 0.05) is 36.6 Å². The molecule has 0 atom stereocenters. The lowest BCUT2D eigenvalue weighted by Crippen LogP contribution is -2.33. The minimum absolute atomic E-state index is 0.293. The smallest absolute Gasteiger partial charge is 0.251 e. The summed E-state index contributed by atoms with van der Waals surface area (Å²) in [6.45, 7) is 1.47. The summed E-state index contributed by atoms with van der Waals surface area (Å²) in [7, 11) is 0. The summed E-state index contributed by atoms with van der Waals surface area (Å²) in [5, 5.41) is 0.615. The molecule has 0 radical (unpaired) electrons. The van der Waals surface area contributed by atoms with Crippen molar-refractivity contribution in [3.63, 3.8) is 0 Å². The number of halogens is 3. The molecule has 1 heterocycles. The molecule has 0 saturated heterocycles. The molecule has 19 heavy (non-hydrogen) atoms. The highest BCUT2D eigenvalue weighted by Crippen LogP contribution is 2.33. The number of nitrogens with two attached hydrogens (primary N) is 1. The van der Waals surface area contributed by atoms with Gasteiger partial charge in [0.2, 0.25) is 0 Å². The quantitative estimate of drug-likeness (QED) is 0.874. The predicted octanol–water partition coefficient (Wildman–Crippen LogP) is 2.30. The van der Waals surface area contributed by atoms with Gasteiger partial charge >= 0.3 is 0 Å². The van der Waals surface area contributed by atoms with Crippen molar-refractivity contribution >= 4 is 11.6 Å². The van der Waals surface area contributed by atoms with Crippen molar-refractivity contribution in [1.82, 2.24) is 4.90 Å². The number of fused-ring (bicyclic) bond motifs is 1. The molecule has 0 spiro atoms. The van der Waals surface area contributed by atoms with Gasteiger partial charge in [-0.1, -0.05) is 11.6 Å². The molecule has 0 fully saturated rings. The molecular weight excluding hydrogens is 274 g/mol. The fourth-order valence-corrected chi connectivity index (χ4v) is 2.58. The van der Waals surface area contributed by atoms with Crippen molar-refractivity contribution in [1.29, 1.82) is 0 Å². The molecule has 2 N–H and O–H groups in total. The molecule has 0 aromatic heterocycles. The molecule has 0 saturated carbocycles. The van der Waals surface area contributed by atoms with Crippen molar-refractivity contribution in [3.8, 4) is 5.75 Å². The Morgan fingerprint density at radius 2 is 2.21 bits per heavy atom. The number of hydrogen-bond acceptors (Lipinski definition) is 3. The maximum absolute atomic E-state index is 12.5. The molecule has 106 valence electrons. The average Bonchev–Trinajstić information content (AvgIpc) is 2.76. The van der Waals surface area contributed by atoms with Crippen molar-refractivity contribution in [2.24, 2.45) is 5.73 Å². The molecular formula is C13H17ClF2N2O. The van der Waals surface area contributed by atoms with E-state index in [0.29, 0.717) is 31.3 Å². The van der Waals surface area contributed by atoms with Crippen LogP contribution < -0.4 is 10.5 Å². The first-order valence-corrected chi connectivity index (χ1v) is 6.62. The second-order valence-electron chi connectivity index (χ2n) is 4.57. The van der Waals surface area contributed by atoms with Crippen LogP contribution in [0.1, 0.15) is 11.1 Å². The van der Waals surface area contributed by atoms with Gasteiger partial charge in [-0.15, -0.1) is 0 Å². The molecule has 2 rings (SSSR count). The molecule has 0 aliphatic carbocycles. The van der Waals surface area contributed by atoms with Crippen molar-refractivity contribution in [2.75, 3.05) is 26.2 Å². The van der Waals surface area contributed by atoms with Crippen molar-refractivity contribution < 1.29 is 13.5 Å². The highest BCUT2D eigenvalue weighted by molar-refractivity contribution is 6.30. The lowest BCUT2D eigenvalue weighted by molar-refractivity contribution is 0.0858. The number of ether oxygens (including phenoxy) is 1. The molecule has 1 aliphatic rings. The van der Waals surface area contributed by atoms with E-state index < -0.39 is 6.43 Å². The number of hydrogen-bond donors (Lipinski definition) is 1. The summed E-state index contributed by atoms with van der Waals surface area (Å²) in [5.74, 6) is 0.792. The van der Waals surface area contributed by atoms with Crippen LogP contribution in [0.4, 0.5) is 8.78 Å². The van der Waals surface area contributed by atoms with Crippen LogP contribution in [0.15, 0.2) is 12.1 Å². The third-order valence-electron chi connectivity index (χ3n) is 3.06. The van der Waals surface area contributed by atoms with Crippen molar-refractivity contribution in [3.05, 3.63) is 28.3 Å². The predicted molar refractivity (Wildman–Crippen MR) is 71.0 cm³/mol. The molecule has 0 bridgehead atoms. The van der Waals surface area contributed by atoms with Gasteiger partial charge in [-0.05, 0) is 17.7 Å². The number of benzene rings is 1. The van der Waals surface area contributed by atoms with Gasteiger partial charge in [0.15, 0.2) is 0 Å². The first-order chi connectivity index (χ1) is 9.10. The molecule has 1 aromatic carbocycles. The van der Waals surface area contributed by atoms with Gasteiger partial charge in [0.05, 0.1) is 13.2 Å². The summed E-state index contributed by atoms with van der Waals surface area (Å²) in [6.07, 6.45) is -1.56. The first-order valence-electron chi connectivity index (χ1n) is 6.25. The minimum atomic E-state index is -2.38. The van der Waals surface area contributed by atoms with E-state index in [0.717, 1.165) is 23.3 Å². The SMILES string of the molecule is NCCN(Cc1cc(Cl)cc2c1OCC2)CC(F)F. The number of nitrogens with zero attached hydrogens (tertiary/aromatic N) is 1. The second-order valence-corrected chi connectivity index (χ2v) is 5.00. The molecule has 0 unspecified atom stereocenters. The zero-order valence-corrected chi connectivity index (χ0v) is 11.3. The summed E-state index contributed by atoms with van der Waals surface area (Å²) in [4.78, 5) is 1.62. The maximum atomic E-state index is 12.5. The van der Waals surface area contributed by atoms with E-state index >= 15 is 0 Å².